The maximum absolute atomic E-state index is 11.0. The second-order valence-electron chi connectivity index (χ2n) is 6.19. The molecule has 0 fully saturated rings. The number of rotatable bonds is 6. The number of ether oxygens (including phenoxy) is 2. The summed E-state index contributed by atoms with van der Waals surface area (Å²) in [6, 6.07) is 1.18. The van der Waals surface area contributed by atoms with Crippen LogP contribution in [-0.2, 0) is 14.3 Å². The second kappa shape index (κ2) is 7.09. The highest BCUT2D eigenvalue weighted by Gasteiger charge is 2.24. The van der Waals surface area contributed by atoms with Crippen LogP contribution in [0.1, 0.15) is 25.7 Å². The molecule has 1 heterocycles. The number of esters is 1. The average molecular weight is 270 g/mol. The topological polar surface area (TPSA) is 35.5 Å². The molecule has 0 amide bonds. The zero-order chi connectivity index (χ0) is 13.6. The largest absolute Gasteiger partial charge is 0.469 e. The summed E-state index contributed by atoms with van der Waals surface area (Å²) in [5, 5.41) is 0. The predicted molar refractivity (Wildman–Crippen MR) is 76.4 cm³/mol. The van der Waals surface area contributed by atoms with E-state index in [2.05, 4.69) is 36.5 Å². The molecule has 0 aromatic heterocycles. The zero-order valence-corrected chi connectivity index (χ0v) is 13.1. The molecule has 0 saturated carbocycles. The van der Waals surface area contributed by atoms with Gasteiger partial charge in [-0.1, -0.05) is 31.8 Å². The van der Waals surface area contributed by atoms with Gasteiger partial charge in [-0.05, 0) is 25.3 Å². The maximum atomic E-state index is 11.0. The first-order chi connectivity index (χ1) is 8.40. The lowest BCUT2D eigenvalue weighted by Crippen LogP contribution is -2.32. The highest BCUT2D eigenvalue weighted by atomic mass is 28.3. The van der Waals surface area contributed by atoms with E-state index in [0.29, 0.717) is 6.42 Å². The van der Waals surface area contributed by atoms with E-state index in [4.69, 9.17) is 4.74 Å². The number of methoxy groups -OCH3 is 1. The van der Waals surface area contributed by atoms with Crippen LogP contribution in [0.3, 0.4) is 0 Å². The van der Waals surface area contributed by atoms with Gasteiger partial charge in [-0.3, -0.25) is 4.79 Å². The monoisotopic (exact) mass is 270 g/mol. The molecule has 1 aliphatic heterocycles. The quantitative estimate of drug-likeness (QED) is 0.422. The van der Waals surface area contributed by atoms with Crippen LogP contribution in [0.2, 0.25) is 25.7 Å². The molecule has 3 nitrogen and oxygen atoms in total. The van der Waals surface area contributed by atoms with Gasteiger partial charge in [-0.2, -0.15) is 0 Å². The molecule has 0 spiro atoms. The van der Waals surface area contributed by atoms with Crippen molar-refractivity contribution in [1.82, 2.24) is 0 Å². The number of hydrogen-bond acceptors (Lipinski definition) is 3. The first-order valence-corrected chi connectivity index (χ1v) is 10.5. The van der Waals surface area contributed by atoms with Gasteiger partial charge in [-0.15, -0.1) is 0 Å². The lowest BCUT2D eigenvalue weighted by Gasteiger charge is -2.29. The Kier molecular flexibility index (Phi) is 6.09. The summed E-state index contributed by atoms with van der Waals surface area (Å²) in [5.74, 6) is -0.125. The van der Waals surface area contributed by atoms with Crippen molar-refractivity contribution in [3.8, 4) is 0 Å². The summed E-state index contributed by atoms with van der Waals surface area (Å²) < 4.78 is 10.7. The van der Waals surface area contributed by atoms with Crippen molar-refractivity contribution in [2.75, 3.05) is 7.11 Å². The van der Waals surface area contributed by atoms with Crippen LogP contribution in [0.15, 0.2) is 12.2 Å². The third-order valence-corrected chi connectivity index (χ3v) is 4.69. The van der Waals surface area contributed by atoms with Crippen LogP contribution in [0.4, 0.5) is 0 Å². The molecular formula is C14H26O3Si. The molecule has 0 aromatic rings. The Morgan fingerprint density at radius 1 is 1.44 bits per heavy atom. The summed E-state index contributed by atoms with van der Waals surface area (Å²) in [5.41, 5.74) is 0. The highest BCUT2D eigenvalue weighted by molar-refractivity contribution is 6.76. The van der Waals surface area contributed by atoms with Gasteiger partial charge in [0.25, 0.3) is 0 Å². The third kappa shape index (κ3) is 6.35. The van der Waals surface area contributed by atoms with Crippen LogP contribution in [-0.4, -0.2) is 33.4 Å². The molecule has 0 radical (unpaired) electrons. The minimum absolute atomic E-state index is 0.125. The summed E-state index contributed by atoms with van der Waals surface area (Å²) in [6.45, 7) is 7.10. The van der Waals surface area contributed by atoms with E-state index in [1.54, 1.807) is 0 Å². The van der Waals surface area contributed by atoms with Gasteiger partial charge in [0.15, 0.2) is 0 Å². The Morgan fingerprint density at radius 2 is 2.17 bits per heavy atom. The molecule has 104 valence electrons. The van der Waals surface area contributed by atoms with Crippen molar-refractivity contribution >= 4 is 14.0 Å². The summed E-state index contributed by atoms with van der Waals surface area (Å²) in [6.07, 6.45) is 8.27. The summed E-state index contributed by atoms with van der Waals surface area (Å²) in [4.78, 5) is 11.0. The van der Waals surface area contributed by atoms with Crippen LogP contribution in [0.5, 0.6) is 0 Å². The Bertz CT molecular complexity index is 294. The highest BCUT2D eigenvalue weighted by Crippen LogP contribution is 2.23. The molecule has 4 heteroatoms. The maximum Gasteiger partial charge on any atom is 0.305 e. The van der Waals surface area contributed by atoms with Crippen molar-refractivity contribution < 1.29 is 14.3 Å². The van der Waals surface area contributed by atoms with Crippen molar-refractivity contribution in [3.05, 3.63) is 12.2 Å². The van der Waals surface area contributed by atoms with Crippen LogP contribution in [0.25, 0.3) is 0 Å². The molecule has 1 aliphatic rings. The Morgan fingerprint density at radius 3 is 2.78 bits per heavy atom. The first-order valence-electron chi connectivity index (χ1n) is 6.79. The smallest absolute Gasteiger partial charge is 0.305 e. The van der Waals surface area contributed by atoms with Crippen LogP contribution in [0, 0.1) is 0 Å². The number of carbonyl (C=O) groups excluding carboxylic acids is 1. The van der Waals surface area contributed by atoms with Crippen LogP contribution < -0.4 is 0 Å². The molecule has 0 N–H and O–H groups in total. The van der Waals surface area contributed by atoms with E-state index in [9.17, 15) is 4.79 Å². The van der Waals surface area contributed by atoms with E-state index in [-0.39, 0.29) is 18.2 Å². The van der Waals surface area contributed by atoms with Crippen molar-refractivity contribution in [1.29, 1.82) is 0 Å². The summed E-state index contributed by atoms with van der Waals surface area (Å²) >= 11 is 0. The number of hydrogen-bond donors (Lipinski definition) is 0. The van der Waals surface area contributed by atoms with Crippen molar-refractivity contribution in [3.63, 3.8) is 0 Å². The van der Waals surface area contributed by atoms with Gasteiger partial charge in [0.05, 0.1) is 19.3 Å². The second-order valence-corrected chi connectivity index (χ2v) is 11.7. The molecule has 1 unspecified atom stereocenters. The van der Waals surface area contributed by atoms with Gasteiger partial charge in [0, 0.05) is 14.5 Å². The van der Waals surface area contributed by atoms with E-state index in [1.165, 1.54) is 13.2 Å². The SMILES string of the molecule is COC(=O)CCC[C@@H]1CC=CC(C[Si](C)(C)C)O1. The molecular weight excluding hydrogens is 244 g/mol. The van der Waals surface area contributed by atoms with Gasteiger partial charge in [0.2, 0.25) is 0 Å². The Labute approximate surface area is 112 Å². The van der Waals surface area contributed by atoms with Gasteiger partial charge in [-0.25, -0.2) is 0 Å². The fourth-order valence-electron chi connectivity index (χ4n) is 2.21. The van der Waals surface area contributed by atoms with E-state index in [1.807, 2.05) is 0 Å². The van der Waals surface area contributed by atoms with Crippen LogP contribution >= 0.6 is 0 Å². The summed E-state index contributed by atoms with van der Waals surface area (Å²) in [7, 11) is 0.357. The number of carbonyl (C=O) groups is 1. The minimum atomic E-state index is -1.08. The zero-order valence-electron chi connectivity index (χ0n) is 12.1. The predicted octanol–water partition coefficient (Wildman–Crippen LogP) is 3.38. The molecule has 0 saturated heterocycles. The lowest BCUT2D eigenvalue weighted by molar-refractivity contribution is -0.140. The van der Waals surface area contributed by atoms with E-state index < -0.39 is 8.07 Å². The van der Waals surface area contributed by atoms with Crippen molar-refractivity contribution in [2.45, 2.75) is 63.6 Å². The molecule has 18 heavy (non-hydrogen) atoms. The molecule has 2 atom stereocenters. The lowest BCUT2D eigenvalue weighted by atomic mass is 10.1. The van der Waals surface area contributed by atoms with Gasteiger partial charge >= 0.3 is 5.97 Å². The van der Waals surface area contributed by atoms with Crippen molar-refractivity contribution in [2.24, 2.45) is 0 Å². The standard InChI is InChI=1S/C14H26O3Si/c1-16-14(15)10-6-8-12-7-5-9-13(17-12)11-18(2,3)4/h5,9,12-13H,6-8,10-11H2,1-4H3/t12-,13?/m0/s1. The Balaban J connectivity index is 2.29. The Hall–Kier alpha value is -0.613. The van der Waals surface area contributed by atoms with Gasteiger partial charge < -0.3 is 9.47 Å². The van der Waals surface area contributed by atoms with E-state index >= 15 is 0 Å². The fraction of sp³-hybridized carbons (Fsp3) is 0.786. The molecule has 1 rings (SSSR count). The minimum Gasteiger partial charge on any atom is -0.469 e. The molecule has 0 aromatic carbocycles. The molecule has 0 aliphatic carbocycles. The average Bonchev–Trinajstić information content (AvgIpc) is 2.27. The first kappa shape index (κ1) is 15.4. The normalized spacial score (nSPS) is 24.0. The molecule has 0 bridgehead atoms. The van der Waals surface area contributed by atoms with E-state index in [0.717, 1.165) is 19.3 Å². The fourth-order valence-corrected chi connectivity index (χ4v) is 3.65. The van der Waals surface area contributed by atoms with Gasteiger partial charge in [0.1, 0.15) is 0 Å². The third-order valence-electron chi connectivity index (χ3n) is 3.07.